The molecule has 0 bridgehead atoms. The zero-order valence-corrected chi connectivity index (χ0v) is 16.7. The highest BCUT2D eigenvalue weighted by atomic mass is 19.1. The fraction of sp³-hybridized carbons (Fsp3) is 0.364. The van der Waals surface area contributed by atoms with Crippen molar-refractivity contribution in [2.45, 2.75) is 44.9 Å². The molecule has 2 aromatic heterocycles. The summed E-state index contributed by atoms with van der Waals surface area (Å²) < 4.78 is 24.9. The summed E-state index contributed by atoms with van der Waals surface area (Å²) in [7, 11) is 1.45. The molecule has 2 N–H and O–H groups in total. The summed E-state index contributed by atoms with van der Waals surface area (Å²) in [6, 6.07) is 3.47. The van der Waals surface area contributed by atoms with Gasteiger partial charge >= 0.3 is 5.97 Å². The van der Waals surface area contributed by atoms with Gasteiger partial charge in [-0.25, -0.2) is 9.18 Å². The molecule has 2 aliphatic rings. The number of aromatic nitrogens is 2. The minimum absolute atomic E-state index is 0.0270. The van der Waals surface area contributed by atoms with E-state index in [-0.39, 0.29) is 28.3 Å². The molecule has 0 spiro atoms. The maximum atomic E-state index is 15.4. The lowest BCUT2D eigenvalue weighted by Gasteiger charge is -2.22. The molecule has 8 heteroatoms. The highest BCUT2D eigenvalue weighted by Gasteiger charge is 2.31. The molecule has 1 fully saturated rings. The topological polar surface area (TPSA) is 85.5 Å². The van der Waals surface area contributed by atoms with Crippen LogP contribution in [0, 0.1) is 5.82 Å². The van der Waals surface area contributed by atoms with Crippen LogP contribution < -0.4 is 15.5 Å². The molecule has 0 saturated heterocycles. The zero-order chi connectivity index (χ0) is 21.2. The molecule has 1 aromatic carbocycles. The Morgan fingerprint density at radius 1 is 1.30 bits per heavy atom. The van der Waals surface area contributed by atoms with Crippen LogP contribution in [-0.4, -0.2) is 33.4 Å². The highest BCUT2D eigenvalue weighted by molar-refractivity contribution is 5.98. The molecule has 5 rings (SSSR count). The number of carbonyl (C=O) groups is 1. The van der Waals surface area contributed by atoms with Gasteiger partial charge in [-0.05, 0) is 31.9 Å². The Kier molecular flexibility index (Phi) is 4.21. The van der Waals surface area contributed by atoms with Crippen molar-refractivity contribution in [1.29, 1.82) is 0 Å². The van der Waals surface area contributed by atoms with Gasteiger partial charge in [0.05, 0.1) is 23.6 Å². The summed E-state index contributed by atoms with van der Waals surface area (Å²) in [6.07, 6.45) is 5.02. The largest absolute Gasteiger partial charge is 0.494 e. The van der Waals surface area contributed by atoms with Crippen molar-refractivity contribution in [3.63, 3.8) is 0 Å². The van der Waals surface area contributed by atoms with E-state index < -0.39 is 17.2 Å². The van der Waals surface area contributed by atoms with Gasteiger partial charge in [0.15, 0.2) is 5.75 Å². The van der Waals surface area contributed by atoms with Crippen LogP contribution in [0.2, 0.25) is 0 Å². The van der Waals surface area contributed by atoms with Crippen molar-refractivity contribution >= 4 is 16.9 Å². The van der Waals surface area contributed by atoms with Gasteiger partial charge in [-0.2, -0.15) is 0 Å². The second kappa shape index (κ2) is 6.70. The lowest BCUT2D eigenvalue weighted by molar-refractivity contribution is 0.0695. The van der Waals surface area contributed by atoms with Crippen LogP contribution in [-0.2, 0) is 13.1 Å². The Bertz CT molecular complexity index is 1260. The third kappa shape index (κ3) is 2.82. The molecule has 3 aromatic rings. The van der Waals surface area contributed by atoms with Crippen molar-refractivity contribution in [2.75, 3.05) is 7.11 Å². The van der Waals surface area contributed by atoms with Gasteiger partial charge in [-0.3, -0.25) is 4.79 Å². The first-order chi connectivity index (χ1) is 14.4. The van der Waals surface area contributed by atoms with Crippen LogP contribution in [0.3, 0.4) is 0 Å². The lowest BCUT2D eigenvalue weighted by Crippen LogP contribution is -2.35. The number of pyridine rings is 1. The fourth-order valence-corrected chi connectivity index (χ4v) is 4.36. The fourth-order valence-electron chi connectivity index (χ4n) is 4.36. The SMILES string of the molecule is COc1c(-c2cc3n(c2)C[C@@H](C)NC3)c(F)cc2c(=O)c(C(=O)O)cn(C3CC3)c12. The number of ether oxygens (including phenoxy) is 1. The first-order valence-electron chi connectivity index (χ1n) is 10.0. The monoisotopic (exact) mass is 411 g/mol. The number of benzene rings is 1. The number of fused-ring (bicyclic) bond motifs is 2. The van der Waals surface area contributed by atoms with Crippen molar-refractivity contribution < 1.29 is 19.0 Å². The molecule has 0 unspecified atom stereocenters. The first-order valence-corrected chi connectivity index (χ1v) is 10.0. The number of nitrogens with zero attached hydrogens (tertiary/aromatic N) is 2. The van der Waals surface area contributed by atoms with Gasteiger partial charge in [0.2, 0.25) is 5.43 Å². The Labute approximate surface area is 171 Å². The van der Waals surface area contributed by atoms with Crippen molar-refractivity contribution in [1.82, 2.24) is 14.5 Å². The predicted molar refractivity (Wildman–Crippen MR) is 110 cm³/mol. The van der Waals surface area contributed by atoms with Gasteiger partial charge in [-0.15, -0.1) is 0 Å². The number of halogens is 1. The molecule has 1 aliphatic carbocycles. The second-order valence-electron chi connectivity index (χ2n) is 8.13. The van der Waals surface area contributed by atoms with E-state index in [2.05, 4.69) is 16.8 Å². The quantitative estimate of drug-likeness (QED) is 0.689. The van der Waals surface area contributed by atoms with Gasteiger partial charge in [0.25, 0.3) is 0 Å². The maximum absolute atomic E-state index is 15.4. The first kappa shape index (κ1) is 18.9. The molecule has 30 heavy (non-hydrogen) atoms. The van der Waals surface area contributed by atoms with Gasteiger partial charge in [-0.1, -0.05) is 0 Å². The third-order valence-electron chi connectivity index (χ3n) is 5.97. The molecular formula is C22H22FN3O4. The van der Waals surface area contributed by atoms with E-state index in [4.69, 9.17) is 4.74 Å². The van der Waals surface area contributed by atoms with Gasteiger partial charge in [0.1, 0.15) is 11.4 Å². The van der Waals surface area contributed by atoms with Crippen LogP contribution in [0.4, 0.5) is 4.39 Å². The molecule has 1 aliphatic heterocycles. The minimum Gasteiger partial charge on any atom is -0.494 e. The number of methoxy groups -OCH3 is 1. The van der Waals surface area contributed by atoms with E-state index in [1.165, 1.54) is 13.3 Å². The van der Waals surface area contributed by atoms with E-state index >= 15 is 4.39 Å². The van der Waals surface area contributed by atoms with E-state index in [0.717, 1.165) is 31.1 Å². The third-order valence-corrected chi connectivity index (χ3v) is 5.97. The summed E-state index contributed by atoms with van der Waals surface area (Å²) in [5, 5.41) is 12.9. The van der Waals surface area contributed by atoms with Crippen LogP contribution >= 0.6 is 0 Å². The molecule has 156 valence electrons. The van der Waals surface area contributed by atoms with E-state index in [1.807, 2.05) is 12.3 Å². The van der Waals surface area contributed by atoms with Crippen molar-refractivity contribution in [3.8, 4) is 16.9 Å². The van der Waals surface area contributed by atoms with Crippen LogP contribution in [0.25, 0.3) is 22.0 Å². The zero-order valence-electron chi connectivity index (χ0n) is 16.7. The van der Waals surface area contributed by atoms with Crippen molar-refractivity contribution in [2.24, 2.45) is 0 Å². The average molecular weight is 411 g/mol. The van der Waals surface area contributed by atoms with E-state index in [0.29, 0.717) is 23.7 Å². The summed E-state index contributed by atoms with van der Waals surface area (Å²) in [6.45, 7) is 3.56. The summed E-state index contributed by atoms with van der Waals surface area (Å²) >= 11 is 0. The van der Waals surface area contributed by atoms with E-state index in [9.17, 15) is 14.7 Å². The standard InChI is InChI=1S/C22H22FN3O4/c1-11-8-25-9-12(5-14(25)7-24-11)18-17(23)6-15-19(21(18)30-2)26(13-3-4-13)10-16(20(15)27)22(28)29/h5-6,9-11,13,24H,3-4,7-8H2,1-2H3,(H,28,29)/t11-/m1/s1. The van der Waals surface area contributed by atoms with Crippen LogP contribution in [0.5, 0.6) is 5.75 Å². The van der Waals surface area contributed by atoms with Crippen molar-refractivity contribution in [3.05, 3.63) is 51.8 Å². The number of nitrogens with one attached hydrogen (secondary N) is 1. The number of hydrogen-bond donors (Lipinski definition) is 2. The Morgan fingerprint density at radius 3 is 2.73 bits per heavy atom. The number of carboxylic acid groups (broad SMARTS) is 1. The number of rotatable bonds is 4. The Hall–Kier alpha value is -3.13. The van der Waals surface area contributed by atoms with Crippen LogP contribution in [0.1, 0.15) is 41.9 Å². The molecule has 3 heterocycles. The number of aromatic carboxylic acids is 1. The predicted octanol–water partition coefficient (Wildman–Crippen LogP) is 3.14. The smallest absolute Gasteiger partial charge is 0.341 e. The molecule has 1 atom stereocenters. The highest BCUT2D eigenvalue weighted by Crippen LogP contribution is 2.44. The maximum Gasteiger partial charge on any atom is 0.341 e. The summed E-state index contributed by atoms with van der Waals surface area (Å²) in [4.78, 5) is 24.4. The molecule has 0 amide bonds. The van der Waals surface area contributed by atoms with E-state index in [1.54, 1.807) is 4.57 Å². The molecule has 0 radical (unpaired) electrons. The molecule has 7 nitrogen and oxygen atoms in total. The van der Waals surface area contributed by atoms with Gasteiger partial charge < -0.3 is 24.3 Å². The molecule has 1 saturated carbocycles. The Balaban J connectivity index is 1.82. The van der Waals surface area contributed by atoms with Gasteiger partial charge in [0, 0.05) is 48.8 Å². The lowest BCUT2D eigenvalue weighted by atomic mass is 10.0. The number of carboxylic acids is 1. The average Bonchev–Trinajstić information content (AvgIpc) is 3.46. The Morgan fingerprint density at radius 2 is 2.07 bits per heavy atom. The second-order valence-corrected chi connectivity index (χ2v) is 8.13. The summed E-state index contributed by atoms with van der Waals surface area (Å²) in [5.41, 5.74) is 1.40. The summed E-state index contributed by atoms with van der Waals surface area (Å²) in [5.74, 6) is -1.67. The normalized spacial score (nSPS) is 18.4. The van der Waals surface area contributed by atoms with Crippen LogP contribution in [0.15, 0.2) is 29.3 Å². The molecular weight excluding hydrogens is 389 g/mol. The minimum atomic E-state index is -1.32. The number of hydrogen-bond acceptors (Lipinski definition) is 4.